The molecule has 2 aromatic heterocycles. The number of aromatic nitrogens is 2. The average Bonchev–Trinajstić information content (AvgIpc) is 2.62. The Morgan fingerprint density at radius 1 is 1.12 bits per heavy atom. The topological polar surface area (TPSA) is 61.6 Å². The second-order valence-corrected chi connectivity index (χ2v) is 6.12. The molecule has 1 N–H and O–H groups in total. The second-order valence-electron chi connectivity index (χ2n) is 6.12. The smallest absolute Gasteiger partial charge is 0.103 e. The van der Waals surface area contributed by atoms with Crippen molar-refractivity contribution >= 4 is 16.6 Å². The maximum absolute atomic E-state index is 9.33. The van der Waals surface area contributed by atoms with Crippen molar-refractivity contribution in [3.63, 3.8) is 0 Å². The van der Waals surface area contributed by atoms with Crippen LogP contribution in [0.3, 0.4) is 0 Å². The number of hydrogen-bond acceptors (Lipinski definition) is 4. The first-order chi connectivity index (χ1) is 11.7. The first-order valence-corrected chi connectivity index (χ1v) is 8.14. The Hall–Kier alpha value is -2.93. The molecule has 0 saturated carbocycles. The SMILES string of the molecule is CC(C)c1ccc(CCNc2c(C#N)cnc3cnccc23)cc1. The van der Waals surface area contributed by atoms with E-state index in [1.54, 1.807) is 18.6 Å². The van der Waals surface area contributed by atoms with Crippen LogP contribution in [0.4, 0.5) is 5.69 Å². The summed E-state index contributed by atoms with van der Waals surface area (Å²) in [7, 11) is 0. The Morgan fingerprint density at radius 3 is 2.62 bits per heavy atom. The zero-order chi connectivity index (χ0) is 16.9. The highest BCUT2D eigenvalue weighted by atomic mass is 14.9. The van der Waals surface area contributed by atoms with Gasteiger partial charge >= 0.3 is 0 Å². The highest BCUT2D eigenvalue weighted by Crippen LogP contribution is 2.24. The lowest BCUT2D eigenvalue weighted by Crippen LogP contribution is -2.07. The molecule has 4 heteroatoms. The van der Waals surface area contributed by atoms with Gasteiger partial charge in [-0.1, -0.05) is 38.1 Å². The van der Waals surface area contributed by atoms with Gasteiger partial charge in [-0.2, -0.15) is 5.26 Å². The standard InChI is InChI=1S/C20H20N4/c1-14(2)16-5-3-15(4-6-16)7-10-23-20-17(11-21)12-24-19-13-22-9-8-18(19)20/h3-6,8-9,12-14H,7,10H2,1-2H3,(H,23,24). The van der Waals surface area contributed by atoms with Crippen molar-refractivity contribution in [1.82, 2.24) is 9.97 Å². The van der Waals surface area contributed by atoms with Crippen LogP contribution in [0.5, 0.6) is 0 Å². The molecule has 0 atom stereocenters. The zero-order valence-electron chi connectivity index (χ0n) is 14.0. The predicted molar refractivity (Wildman–Crippen MR) is 97.0 cm³/mol. The summed E-state index contributed by atoms with van der Waals surface area (Å²) in [5.74, 6) is 0.548. The quantitative estimate of drug-likeness (QED) is 0.763. The summed E-state index contributed by atoms with van der Waals surface area (Å²) in [4.78, 5) is 8.37. The van der Waals surface area contributed by atoms with E-state index in [1.165, 1.54) is 11.1 Å². The molecule has 2 heterocycles. The van der Waals surface area contributed by atoms with Crippen LogP contribution in [-0.4, -0.2) is 16.5 Å². The third-order valence-electron chi connectivity index (χ3n) is 4.15. The van der Waals surface area contributed by atoms with Crippen LogP contribution in [0, 0.1) is 11.3 Å². The van der Waals surface area contributed by atoms with Gasteiger partial charge in [0.1, 0.15) is 6.07 Å². The molecule has 0 saturated heterocycles. The van der Waals surface area contributed by atoms with Crippen LogP contribution in [0.1, 0.15) is 36.5 Å². The molecule has 0 radical (unpaired) electrons. The molecule has 0 aliphatic carbocycles. The van der Waals surface area contributed by atoms with E-state index in [1.807, 2.05) is 6.07 Å². The van der Waals surface area contributed by atoms with Crippen molar-refractivity contribution in [1.29, 1.82) is 5.26 Å². The first-order valence-electron chi connectivity index (χ1n) is 8.14. The van der Waals surface area contributed by atoms with Crippen LogP contribution in [0.25, 0.3) is 10.9 Å². The van der Waals surface area contributed by atoms with E-state index in [2.05, 4.69) is 59.5 Å². The number of anilines is 1. The third kappa shape index (κ3) is 3.36. The van der Waals surface area contributed by atoms with E-state index in [4.69, 9.17) is 0 Å². The van der Waals surface area contributed by atoms with Crippen molar-refractivity contribution in [2.75, 3.05) is 11.9 Å². The summed E-state index contributed by atoms with van der Waals surface area (Å²) in [6.07, 6.45) is 5.94. The molecule has 0 bridgehead atoms. The van der Waals surface area contributed by atoms with Crippen LogP contribution >= 0.6 is 0 Å². The fourth-order valence-electron chi connectivity index (χ4n) is 2.72. The zero-order valence-corrected chi connectivity index (χ0v) is 14.0. The van der Waals surface area contributed by atoms with Gasteiger partial charge in [-0.3, -0.25) is 9.97 Å². The van der Waals surface area contributed by atoms with Gasteiger partial charge in [0.15, 0.2) is 0 Å². The van der Waals surface area contributed by atoms with E-state index in [0.29, 0.717) is 11.5 Å². The molecule has 1 aromatic carbocycles. The number of nitrogens with one attached hydrogen (secondary N) is 1. The minimum Gasteiger partial charge on any atom is -0.383 e. The van der Waals surface area contributed by atoms with E-state index < -0.39 is 0 Å². The molecule has 0 aliphatic heterocycles. The molecule has 0 spiro atoms. The van der Waals surface area contributed by atoms with Gasteiger partial charge in [-0.15, -0.1) is 0 Å². The van der Waals surface area contributed by atoms with Gasteiger partial charge in [0, 0.05) is 24.3 Å². The van der Waals surface area contributed by atoms with E-state index >= 15 is 0 Å². The molecule has 3 aromatic rings. The third-order valence-corrected chi connectivity index (χ3v) is 4.15. The summed E-state index contributed by atoms with van der Waals surface area (Å²) >= 11 is 0. The molecule has 3 rings (SSSR count). The van der Waals surface area contributed by atoms with E-state index in [0.717, 1.165) is 29.6 Å². The molecule has 0 aliphatic rings. The van der Waals surface area contributed by atoms with Crippen molar-refractivity contribution in [2.24, 2.45) is 0 Å². The van der Waals surface area contributed by atoms with Gasteiger partial charge in [0.2, 0.25) is 0 Å². The summed E-state index contributed by atoms with van der Waals surface area (Å²) in [6.45, 7) is 5.16. The molecular formula is C20H20N4. The minimum atomic E-state index is 0.548. The molecule has 24 heavy (non-hydrogen) atoms. The molecule has 0 fully saturated rings. The number of nitriles is 1. The normalized spacial score (nSPS) is 10.8. The number of rotatable bonds is 5. The number of hydrogen-bond donors (Lipinski definition) is 1. The van der Waals surface area contributed by atoms with Crippen molar-refractivity contribution in [3.05, 3.63) is 65.6 Å². The Labute approximate surface area is 142 Å². The second kappa shape index (κ2) is 7.10. The molecule has 120 valence electrons. The maximum atomic E-state index is 9.33. The highest BCUT2D eigenvalue weighted by molar-refractivity contribution is 5.93. The summed E-state index contributed by atoms with van der Waals surface area (Å²) in [5, 5.41) is 13.7. The van der Waals surface area contributed by atoms with Gasteiger partial charge in [-0.05, 0) is 29.5 Å². The largest absolute Gasteiger partial charge is 0.383 e. The van der Waals surface area contributed by atoms with Crippen molar-refractivity contribution < 1.29 is 0 Å². The lowest BCUT2D eigenvalue weighted by Gasteiger charge is -2.11. The van der Waals surface area contributed by atoms with Gasteiger partial charge in [0.05, 0.1) is 23.0 Å². The monoisotopic (exact) mass is 316 g/mol. The fraction of sp³-hybridized carbons (Fsp3) is 0.250. The van der Waals surface area contributed by atoms with Crippen molar-refractivity contribution in [3.8, 4) is 6.07 Å². The Bertz CT molecular complexity index is 876. The number of benzene rings is 1. The molecular weight excluding hydrogens is 296 g/mol. The van der Waals surface area contributed by atoms with Gasteiger partial charge in [-0.25, -0.2) is 0 Å². The van der Waals surface area contributed by atoms with Gasteiger partial charge < -0.3 is 5.32 Å². The van der Waals surface area contributed by atoms with E-state index in [9.17, 15) is 5.26 Å². The summed E-state index contributed by atoms with van der Waals surface area (Å²) < 4.78 is 0. The first kappa shape index (κ1) is 15.9. The Morgan fingerprint density at radius 2 is 1.92 bits per heavy atom. The van der Waals surface area contributed by atoms with Crippen LogP contribution in [0.15, 0.2) is 48.9 Å². The van der Waals surface area contributed by atoms with E-state index in [-0.39, 0.29) is 0 Å². The summed E-state index contributed by atoms with van der Waals surface area (Å²) in [5.41, 5.74) is 4.82. The average molecular weight is 316 g/mol. The number of pyridine rings is 2. The van der Waals surface area contributed by atoms with Crippen molar-refractivity contribution in [2.45, 2.75) is 26.2 Å². The van der Waals surface area contributed by atoms with Gasteiger partial charge in [0.25, 0.3) is 0 Å². The predicted octanol–water partition coefficient (Wildman–Crippen LogP) is 4.28. The molecule has 0 amide bonds. The van der Waals surface area contributed by atoms with Crippen LogP contribution in [0.2, 0.25) is 0 Å². The highest BCUT2D eigenvalue weighted by Gasteiger charge is 2.08. The molecule has 0 unspecified atom stereocenters. The number of nitrogens with zero attached hydrogens (tertiary/aromatic N) is 3. The Balaban J connectivity index is 1.75. The van der Waals surface area contributed by atoms with Crippen LogP contribution < -0.4 is 5.32 Å². The fourth-order valence-corrected chi connectivity index (χ4v) is 2.72. The lowest BCUT2D eigenvalue weighted by atomic mass is 10.0. The summed E-state index contributed by atoms with van der Waals surface area (Å²) in [6, 6.07) is 12.8. The lowest BCUT2D eigenvalue weighted by molar-refractivity contribution is 0.864. The Kier molecular flexibility index (Phi) is 4.72. The molecule has 4 nitrogen and oxygen atoms in total. The van der Waals surface area contributed by atoms with Crippen LogP contribution in [-0.2, 0) is 6.42 Å². The number of fused-ring (bicyclic) bond motifs is 1. The maximum Gasteiger partial charge on any atom is 0.103 e. The minimum absolute atomic E-state index is 0.548.